The third kappa shape index (κ3) is 2.20. The van der Waals surface area contributed by atoms with Gasteiger partial charge in [-0.25, -0.2) is 0 Å². The van der Waals surface area contributed by atoms with Crippen LogP contribution in [-0.2, 0) is 20.0 Å². The van der Waals surface area contributed by atoms with Crippen LogP contribution in [0.25, 0.3) is 10.9 Å². The lowest BCUT2D eigenvalue weighted by Gasteiger charge is -2.32. The third-order valence-electron chi connectivity index (χ3n) is 4.98. The summed E-state index contributed by atoms with van der Waals surface area (Å²) in [5.74, 6) is 0.245. The molecule has 4 rings (SSSR count). The summed E-state index contributed by atoms with van der Waals surface area (Å²) in [6, 6.07) is 18.4. The van der Waals surface area contributed by atoms with Crippen LogP contribution in [0.5, 0.6) is 0 Å². The second-order valence-corrected chi connectivity index (χ2v) is 6.38. The maximum Gasteiger partial charge on any atom is 0.182 e. The molecule has 1 aliphatic heterocycles. The molecule has 3 heteroatoms. The van der Waals surface area contributed by atoms with Gasteiger partial charge in [0.15, 0.2) is 5.78 Å². The van der Waals surface area contributed by atoms with Crippen LogP contribution in [0.3, 0.4) is 0 Å². The van der Waals surface area contributed by atoms with Crippen LogP contribution in [0, 0.1) is 0 Å². The van der Waals surface area contributed by atoms with E-state index in [2.05, 4.69) is 40.8 Å². The molecule has 0 aliphatic carbocycles. The van der Waals surface area contributed by atoms with Crippen molar-refractivity contribution in [1.29, 1.82) is 0 Å². The topological polar surface area (TPSA) is 25.2 Å². The smallest absolute Gasteiger partial charge is 0.182 e. The standard InChI is InChI=1S/C20H20N2O/c1-21-13-18-19(15-10-6-7-11-16(15)22(18)2)20(23)17(21)12-14-8-4-3-5-9-14/h3-11,17H,12-13H2,1-2H3/t17-/m0/s1. The van der Waals surface area contributed by atoms with E-state index in [-0.39, 0.29) is 11.8 Å². The minimum absolute atomic E-state index is 0.0873. The Hall–Kier alpha value is -2.39. The van der Waals surface area contributed by atoms with E-state index in [0.717, 1.165) is 35.1 Å². The average Bonchev–Trinajstić information content (AvgIpc) is 2.86. The molecular weight excluding hydrogens is 284 g/mol. The minimum Gasteiger partial charge on any atom is -0.346 e. The van der Waals surface area contributed by atoms with Crippen LogP contribution in [0.1, 0.15) is 21.6 Å². The van der Waals surface area contributed by atoms with Gasteiger partial charge in [0.05, 0.1) is 6.04 Å². The van der Waals surface area contributed by atoms with Gasteiger partial charge < -0.3 is 4.57 Å². The Bertz CT molecular complexity index is 879. The van der Waals surface area contributed by atoms with E-state index in [0.29, 0.717) is 0 Å². The largest absolute Gasteiger partial charge is 0.346 e. The quantitative estimate of drug-likeness (QED) is 0.725. The number of aromatic nitrogens is 1. The summed E-state index contributed by atoms with van der Waals surface area (Å²) in [6.07, 6.45) is 0.763. The second kappa shape index (κ2) is 5.36. The van der Waals surface area contributed by atoms with Gasteiger partial charge >= 0.3 is 0 Å². The Morgan fingerprint density at radius 1 is 1.00 bits per heavy atom. The van der Waals surface area contributed by atoms with Crippen LogP contribution in [-0.4, -0.2) is 28.3 Å². The van der Waals surface area contributed by atoms with E-state index >= 15 is 0 Å². The van der Waals surface area contributed by atoms with Gasteiger partial charge in [0.2, 0.25) is 0 Å². The fraction of sp³-hybridized carbons (Fsp3) is 0.250. The van der Waals surface area contributed by atoms with Crippen molar-refractivity contribution in [2.45, 2.75) is 19.0 Å². The van der Waals surface area contributed by atoms with Gasteiger partial charge in [0.1, 0.15) is 0 Å². The van der Waals surface area contributed by atoms with Crippen molar-refractivity contribution < 1.29 is 4.79 Å². The molecule has 0 unspecified atom stereocenters. The van der Waals surface area contributed by atoms with Crippen LogP contribution >= 0.6 is 0 Å². The number of para-hydroxylation sites is 1. The molecule has 1 aliphatic rings. The molecule has 1 aromatic heterocycles. The molecule has 2 heterocycles. The van der Waals surface area contributed by atoms with Crippen LogP contribution in [0.4, 0.5) is 0 Å². The summed E-state index contributed by atoms with van der Waals surface area (Å²) in [5, 5.41) is 1.08. The summed E-state index contributed by atoms with van der Waals surface area (Å²) < 4.78 is 2.16. The summed E-state index contributed by atoms with van der Waals surface area (Å²) >= 11 is 0. The number of hydrogen-bond acceptors (Lipinski definition) is 2. The Morgan fingerprint density at radius 3 is 2.48 bits per heavy atom. The predicted octanol–water partition coefficient (Wildman–Crippen LogP) is 3.42. The minimum atomic E-state index is -0.0873. The fourth-order valence-electron chi connectivity index (χ4n) is 3.71. The molecular formula is C20H20N2O. The Kier molecular flexibility index (Phi) is 3.31. The first-order valence-electron chi connectivity index (χ1n) is 8.01. The first kappa shape index (κ1) is 14.2. The van der Waals surface area contributed by atoms with Crippen LogP contribution < -0.4 is 0 Å². The fourth-order valence-corrected chi connectivity index (χ4v) is 3.71. The number of nitrogens with zero attached hydrogens (tertiary/aromatic N) is 2. The van der Waals surface area contributed by atoms with Gasteiger partial charge in [0.25, 0.3) is 0 Å². The molecule has 23 heavy (non-hydrogen) atoms. The highest BCUT2D eigenvalue weighted by Gasteiger charge is 2.35. The van der Waals surface area contributed by atoms with E-state index in [1.54, 1.807) is 0 Å². The average molecular weight is 304 g/mol. The molecule has 3 nitrogen and oxygen atoms in total. The summed E-state index contributed by atoms with van der Waals surface area (Å²) in [6.45, 7) is 0.809. The lowest BCUT2D eigenvalue weighted by Crippen LogP contribution is -2.44. The molecule has 3 aromatic rings. The predicted molar refractivity (Wildman–Crippen MR) is 92.7 cm³/mol. The number of Topliss-reactive ketones (excluding diaryl/α,β-unsaturated/α-hetero) is 1. The Labute approximate surface area is 136 Å². The van der Waals surface area contributed by atoms with Crippen molar-refractivity contribution in [2.75, 3.05) is 7.05 Å². The summed E-state index contributed by atoms with van der Waals surface area (Å²) in [7, 11) is 4.10. The third-order valence-corrected chi connectivity index (χ3v) is 4.98. The molecule has 0 saturated carbocycles. The number of hydrogen-bond donors (Lipinski definition) is 0. The highest BCUT2D eigenvalue weighted by atomic mass is 16.1. The number of ketones is 1. The van der Waals surface area contributed by atoms with Gasteiger partial charge in [-0.05, 0) is 25.1 Å². The van der Waals surface area contributed by atoms with Gasteiger partial charge in [0, 0.05) is 35.8 Å². The van der Waals surface area contributed by atoms with Crippen molar-refractivity contribution in [2.24, 2.45) is 7.05 Å². The molecule has 0 fully saturated rings. The zero-order valence-corrected chi connectivity index (χ0v) is 13.5. The van der Waals surface area contributed by atoms with Crippen molar-refractivity contribution in [3.05, 3.63) is 71.4 Å². The van der Waals surface area contributed by atoms with Gasteiger partial charge in [-0.15, -0.1) is 0 Å². The molecule has 116 valence electrons. The molecule has 0 N–H and O–H groups in total. The molecule has 0 bridgehead atoms. The maximum atomic E-state index is 13.2. The normalized spacial score (nSPS) is 18.3. The van der Waals surface area contributed by atoms with E-state index in [9.17, 15) is 4.79 Å². The van der Waals surface area contributed by atoms with Crippen LogP contribution in [0.2, 0.25) is 0 Å². The highest BCUT2D eigenvalue weighted by molar-refractivity contribution is 6.12. The molecule has 0 radical (unpaired) electrons. The zero-order valence-electron chi connectivity index (χ0n) is 13.5. The lowest BCUT2D eigenvalue weighted by molar-refractivity contribution is 0.0810. The van der Waals surface area contributed by atoms with E-state index in [1.165, 1.54) is 5.56 Å². The number of likely N-dealkylation sites (N-methyl/N-ethyl adjacent to an activating group) is 1. The number of fused-ring (bicyclic) bond motifs is 3. The van der Waals surface area contributed by atoms with Crippen molar-refractivity contribution in [3.63, 3.8) is 0 Å². The molecule has 0 amide bonds. The van der Waals surface area contributed by atoms with E-state index in [4.69, 9.17) is 0 Å². The van der Waals surface area contributed by atoms with Gasteiger partial charge in [-0.2, -0.15) is 0 Å². The van der Waals surface area contributed by atoms with Gasteiger partial charge in [-0.1, -0.05) is 48.5 Å². The summed E-state index contributed by atoms with van der Waals surface area (Å²) in [5.41, 5.74) is 4.39. The van der Waals surface area contributed by atoms with Gasteiger partial charge in [-0.3, -0.25) is 9.69 Å². The number of carbonyl (C=O) groups is 1. The number of aryl methyl sites for hydroxylation is 1. The van der Waals surface area contributed by atoms with Crippen molar-refractivity contribution in [3.8, 4) is 0 Å². The Balaban J connectivity index is 1.80. The van der Waals surface area contributed by atoms with Crippen molar-refractivity contribution in [1.82, 2.24) is 9.47 Å². The number of carbonyl (C=O) groups excluding carboxylic acids is 1. The molecule has 0 spiro atoms. The first-order chi connectivity index (χ1) is 11.2. The summed E-state index contributed by atoms with van der Waals surface area (Å²) in [4.78, 5) is 15.4. The zero-order chi connectivity index (χ0) is 16.0. The SMILES string of the molecule is CN1Cc2c(c3ccccc3n2C)C(=O)[C@@H]1Cc1ccccc1. The molecule has 2 aromatic carbocycles. The van der Waals surface area contributed by atoms with E-state index < -0.39 is 0 Å². The first-order valence-corrected chi connectivity index (χ1v) is 8.01. The monoisotopic (exact) mass is 304 g/mol. The number of benzene rings is 2. The van der Waals surface area contributed by atoms with E-state index in [1.807, 2.05) is 37.4 Å². The highest BCUT2D eigenvalue weighted by Crippen LogP contribution is 2.32. The molecule has 0 saturated heterocycles. The molecule has 1 atom stereocenters. The maximum absolute atomic E-state index is 13.2. The van der Waals surface area contributed by atoms with Crippen molar-refractivity contribution >= 4 is 16.7 Å². The Morgan fingerprint density at radius 2 is 1.70 bits per heavy atom. The second-order valence-electron chi connectivity index (χ2n) is 6.38. The van der Waals surface area contributed by atoms with Crippen LogP contribution in [0.15, 0.2) is 54.6 Å². The number of rotatable bonds is 2. The lowest BCUT2D eigenvalue weighted by atomic mass is 9.91.